The first-order valence-electron chi connectivity index (χ1n) is 12.6. The molecule has 30 heavy (non-hydrogen) atoms. The number of aliphatic hydroxyl groups excluding tert-OH is 1. The van der Waals surface area contributed by atoms with Gasteiger partial charge in [0.25, 0.3) is 0 Å². The third-order valence-electron chi connectivity index (χ3n) is 10.6. The molecule has 0 radical (unpaired) electrons. The molecule has 4 heteroatoms. The lowest BCUT2D eigenvalue weighted by Crippen LogP contribution is -2.58. The molecule has 0 saturated heterocycles. The Morgan fingerprint density at radius 3 is 2.67 bits per heavy atom. The van der Waals surface area contributed by atoms with Crippen molar-refractivity contribution in [2.45, 2.75) is 97.5 Å². The number of hydrogen-bond acceptors (Lipinski definition) is 4. The van der Waals surface area contributed by atoms with E-state index < -0.39 is 0 Å². The molecule has 9 atom stereocenters. The van der Waals surface area contributed by atoms with E-state index in [0.29, 0.717) is 35.5 Å². The first-order chi connectivity index (χ1) is 14.3. The van der Waals surface area contributed by atoms with E-state index in [1.165, 1.54) is 58.5 Å². The first-order valence-corrected chi connectivity index (χ1v) is 12.6. The van der Waals surface area contributed by atoms with Crippen LogP contribution in [0, 0.1) is 46.3 Å². The van der Waals surface area contributed by atoms with Crippen molar-refractivity contribution in [3.05, 3.63) is 0 Å². The Kier molecular flexibility index (Phi) is 6.57. The number of esters is 1. The SMILES string of the molecule is COCOC(=O)CCC(C)C1CCC2C3CCC4CCCC[C@]4(C)C3C[C@H](O)[C@]12C. The van der Waals surface area contributed by atoms with Gasteiger partial charge in [-0.05, 0) is 97.7 Å². The van der Waals surface area contributed by atoms with E-state index in [4.69, 9.17) is 9.47 Å². The lowest BCUT2D eigenvalue weighted by Gasteiger charge is -2.62. The van der Waals surface area contributed by atoms with Gasteiger partial charge in [-0.1, -0.05) is 33.6 Å². The number of carbonyl (C=O) groups is 1. The van der Waals surface area contributed by atoms with E-state index in [1.54, 1.807) is 0 Å². The minimum atomic E-state index is -0.198. The fourth-order valence-electron chi connectivity index (χ4n) is 8.96. The number of fused-ring (bicyclic) bond motifs is 5. The van der Waals surface area contributed by atoms with E-state index in [1.807, 2.05) is 0 Å². The maximum atomic E-state index is 12.0. The molecule has 0 aromatic heterocycles. The Balaban J connectivity index is 1.47. The summed E-state index contributed by atoms with van der Waals surface area (Å²) >= 11 is 0. The number of aliphatic hydroxyl groups is 1. The zero-order valence-electron chi connectivity index (χ0n) is 19.7. The third-order valence-corrected chi connectivity index (χ3v) is 10.6. The minimum Gasteiger partial charge on any atom is -0.438 e. The molecule has 172 valence electrons. The molecule has 6 unspecified atom stereocenters. The standard InChI is InChI=1S/C26H44O4/c1-17(8-13-24(28)30-16-29-4)20-11-12-21-19-10-9-18-7-5-6-14-25(18,2)22(19)15-23(27)26(20,21)3/h17-23,27H,5-16H2,1-4H3/t17?,18?,19?,20?,21?,22?,23-,25-,26+/m0/s1. The molecule has 4 nitrogen and oxygen atoms in total. The van der Waals surface area contributed by atoms with Gasteiger partial charge in [-0.25, -0.2) is 0 Å². The van der Waals surface area contributed by atoms with Crippen LogP contribution in [0.2, 0.25) is 0 Å². The fraction of sp³-hybridized carbons (Fsp3) is 0.962. The maximum Gasteiger partial charge on any atom is 0.307 e. The van der Waals surface area contributed by atoms with Crippen LogP contribution in [-0.2, 0) is 14.3 Å². The zero-order valence-corrected chi connectivity index (χ0v) is 19.7. The summed E-state index contributed by atoms with van der Waals surface area (Å²) in [6.45, 7) is 7.30. The highest BCUT2D eigenvalue weighted by Crippen LogP contribution is 2.68. The Morgan fingerprint density at radius 1 is 1.10 bits per heavy atom. The van der Waals surface area contributed by atoms with Gasteiger partial charge in [-0.15, -0.1) is 0 Å². The molecule has 4 aliphatic rings. The Hall–Kier alpha value is -0.610. The number of methoxy groups -OCH3 is 1. The number of rotatable bonds is 6. The van der Waals surface area contributed by atoms with Gasteiger partial charge < -0.3 is 14.6 Å². The summed E-state index contributed by atoms with van der Waals surface area (Å²) in [5.74, 6) is 3.81. The van der Waals surface area contributed by atoms with Crippen LogP contribution in [0.4, 0.5) is 0 Å². The van der Waals surface area contributed by atoms with Crippen molar-refractivity contribution in [3.8, 4) is 0 Å². The van der Waals surface area contributed by atoms with Gasteiger partial charge in [0, 0.05) is 13.5 Å². The molecule has 0 heterocycles. The topological polar surface area (TPSA) is 55.8 Å². The van der Waals surface area contributed by atoms with Crippen LogP contribution in [0.25, 0.3) is 0 Å². The van der Waals surface area contributed by atoms with E-state index in [2.05, 4.69) is 20.8 Å². The van der Waals surface area contributed by atoms with Crippen molar-refractivity contribution >= 4 is 5.97 Å². The lowest BCUT2D eigenvalue weighted by molar-refractivity contribution is -0.168. The van der Waals surface area contributed by atoms with E-state index >= 15 is 0 Å². The highest BCUT2D eigenvalue weighted by Gasteiger charge is 2.63. The second-order valence-corrected chi connectivity index (χ2v) is 11.6. The van der Waals surface area contributed by atoms with Crippen LogP contribution in [0.5, 0.6) is 0 Å². The fourth-order valence-corrected chi connectivity index (χ4v) is 8.96. The summed E-state index contributed by atoms with van der Waals surface area (Å²) in [6, 6.07) is 0. The summed E-state index contributed by atoms with van der Waals surface area (Å²) in [7, 11) is 1.54. The van der Waals surface area contributed by atoms with Crippen LogP contribution in [0.15, 0.2) is 0 Å². The van der Waals surface area contributed by atoms with Crippen LogP contribution < -0.4 is 0 Å². The molecule has 0 amide bonds. The zero-order chi connectivity index (χ0) is 21.5. The van der Waals surface area contributed by atoms with Crippen molar-refractivity contribution in [2.75, 3.05) is 13.9 Å². The molecule has 0 aromatic carbocycles. The van der Waals surface area contributed by atoms with Crippen LogP contribution in [-0.4, -0.2) is 31.1 Å². The van der Waals surface area contributed by atoms with E-state index in [9.17, 15) is 9.90 Å². The average Bonchev–Trinajstić information content (AvgIpc) is 3.09. The second kappa shape index (κ2) is 8.73. The van der Waals surface area contributed by atoms with Crippen molar-refractivity contribution in [1.29, 1.82) is 0 Å². The molecule has 4 aliphatic carbocycles. The van der Waals surface area contributed by atoms with Crippen molar-refractivity contribution in [2.24, 2.45) is 46.3 Å². The summed E-state index contributed by atoms with van der Waals surface area (Å²) in [6.07, 6.45) is 12.9. The lowest BCUT2D eigenvalue weighted by atomic mass is 9.44. The summed E-state index contributed by atoms with van der Waals surface area (Å²) < 4.78 is 9.92. The van der Waals surface area contributed by atoms with Gasteiger partial charge in [-0.3, -0.25) is 4.79 Å². The van der Waals surface area contributed by atoms with Gasteiger partial charge in [-0.2, -0.15) is 0 Å². The van der Waals surface area contributed by atoms with Gasteiger partial charge in [0.1, 0.15) is 0 Å². The van der Waals surface area contributed by atoms with Crippen LogP contribution in [0.1, 0.15) is 91.4 Å². The monoisotopic (exact) mass is 420 g/mol. The number of hydrogen-bond donors (Lipinski definition) is 1. The molecule has 0 aliphatic heterocycles. The Bertz CT molecular complexity index is 620. The summed E-state index contributed by atoms with van der Waals surface area (Å²) in [5, 5.41) is 11.6. The largest absolute Gasteiger partial charge is 0.438 e. The average molecular weight is 421 g/mol. The number of ether oxygens (including phenoxy) is 2. The molecular weight excluding hydrogens is 376 g/mol. The Labute approximate surface area is 183 Å². The predicted octanol–water partition coefficient (Wildman–Crippen LogP) is 5.57. The van der Waals surface area contributed by atoms with Gasteiger partial charge in [0.15, 0.2) is 6.79 Å². The molecule has 4 saturated carbocycles. The van der Waals surface area contributed by atoms with Crippen molar-refractivity contribution < 1.29 is 19.4 Å². The maximum absolute atomic E-state index is 12.0. The van der Waals surface area contributed by atoms with Crippen LogP contribution >= 0.6 is 0 Å². The highest BCUT2D eigenvalue weighted by molar-refractivity contribution is 5.69. The minimum absolute atomic E-state index is 0.00881. The summed E-state index contributed by atoms with van der Waals surface area (Å²) in [5.41, 5.74) is 0.465. The normalized spacial score (nSPS) is 46.4. The highest BCUT2D eigenvalue weighted by atomic mass is 16.7. The predicted molar refractivity (Wildman–Crippen MR) is 118 cm³/mol. The molecule has 0 bridgehead atoms. The third kappa shape index (κ3) is 3.64. The molecule has 4 rings (SSSR count). The van der Waals surface area contributed by atoms with E-state index in [-0.39, 0.29) is 24.3 Å². The molecule has 0 spiro atoms. The van der Waals surface area contributed by atoms with Gasteiger partial charge in [0.05, 0.1) is 6.10 Å². The molecule has 1 N–H and O–H groups in total. The Morgan fingerprint density at radius 2 is 1.90 bits per heavy atom. The van der Waals surface area contributed by atoms with Gasteiger partial charge >= 0.3 is 5.97 Å². The van der Waals surface area contributed by atoms with Gasteiger partial charge in [0.2, 0.25) is 0 Å². The van der Waals surface area contributed by atoms with Crippen molar-refractivity contribution in [3.63, 3.8) is 0 Å². The first kappa shape index (κ1) is 22.6. The smallest absolute Gasteiger partial charge is 0.307 e. The number of carbonyl (C=O) groups excluding carboxylic acids is 1. The molecule has 0 aromatic rings. The van der Waals surface area contributed by atoms with Crippen molar-refractivity contribution in [1.82, 2.24) is 0 Å². The molecular formula is C26H44O4. The van der Waals surface area contributed by atoms with Crippen LogP contribution in [0.3, 0.4) is 0 Å². The van der Waals surface area contributed by atoms with E-state index in [0.717, 1.165) is 24.7 Å². The quantitative estimate of drug-likeness (QED) is 0.451. The second-order valence-electron chi connectivity index (χ2n) is 11.6. The summed E-state index contributed by atoms with van der Waals surface area (Å²) in [4.78, 5) is 12.0. The molecule has 4 fully saturated rings.